The van der Waals surface area contributed by atoms with Crippen LogP contribution in [0.2, 0.25) is 0 Å². The molecule has 0 radical (unpaired) electrons. The van der Waals surface area contributed by atoms with Crippen LogP contribution in [0.5, 0.6) is 0 Å². The van der Waals surface area contributed by atoms with E-state index in [-0.39, 0.29) is 18.9 Å². The van der Waals surface area contributed by atoms with Gasteiger partial charge in [-0.05, 0) is 25.0 Å². The number of carbonyl (C=O) groups is 1. The van der Waals surface area contributed by atoms with Crippen LogP contribution >= 0.6 is 0 Å². The van der Waals surface area contributed by atoms with Gasteiger partial charge in [-0.1, -0.05) is 0 Å². The summed E-state index contributed by atoms with van der Waals surface area (Å²) in [5.41, 5.74) is 1.73. The number of aliphatic hydroxyl groups is 1. The number of aliphatic hydroxyl groups excluding tert-OH is 1. The molecule has 0 spiro atoms. The van der Waals surface area contributed by atoms with Gasteiger partial charge < -0.3 is 20.4 Å². The Bertz CT molecular complexity index is 1010. The van der Waals surface area contributed by atoms with Crippen LogP contribution in [-0.4, -0.2) is 59.4 Å². The molecule has 10 nitrogen and oxygen atoms in total. The molecule has 1 aliphatic heterocycles. The summed E-state index contributed by atoms with van der Waals surface area (Å²) in [6.07, 6.45) is 3.60. The molecule has 2 fully saturated rings. The Morgan fingerprint density at radius 3 is 2.96 bits per heavy atom. The lowest BCUT2D eigenvalue weighted by Gasteiger charge is -2.21. The maximum absolute atomic E-state index is 11.5. The van der Waals surface area contributed by atoms with E-state index >= 15 is 0 Å². The molecule has 2 aliphatic rings. The number of nitrogens with zero attached hydrogens (tertiary/aromatic N) is 5. The first-order chi connectivity index (χ1) is 13.1. The van der Waals surface area contributed by atoms with E-state index in [0.717, 1.165) is 5.69 Å². The number of H-pyrrole nitrogens is 1. The number of fused-ring (bicyclic) bond motifs is 1. The highest BCUT2D eigenvalue weighted by atomic mass is 16.4. The Morgan fingerprint density at radius 2 is 2.19 bits per heavy atom. The van der Waals surface area contributed by atoms with Gasteiger partial charge in [-0.25, -0.2) is 4.79 Å². The zero-order valence-corrected chi connectivity index (χ0v) is 14.4. The highest BCUT2D eigenvalue weighted by Gasteiger charge is 2.38. The molecule has 1 aliphatic carbocycles. The Labute approximate surface area is 153 Å². The van der Waals surface area contributed by atoms with E-state index in [1.807, 2.05) is 24.4 Å². The predicted octanol–water partition coefficient (Wildman–Crippen LogP) is 1.10. The van der Waals surface area contributed by atoms with Gasteiger partial charge in [0.05, 0.1) is 6.10 Å². The molecule has 3 aromatic rings. The molecule has 4 heterocycles. The van der Waals surface area contributed by atoms with E-state index in [1.165, 1.54) is 17.7 Å². The fraction of sp³-hybridized carbons (Fsp3) is 0.412. The Morgan fingerprint density at radius 1 is 1.33 bits per heavy atom. The molecule has 0 aromatic carbocycles. The summed E-state index contributed by atoms with van der Waals surface area (Å²) in [6.45, 7) is 0.182. The highest BCUT2D eigenvalue weighted by Crippen LogP contribution is 2.39. The van der Waals surface area contributed by atoms with E-state index in [9.17, 15) is 15.0 Å². The second-order valence-electron chi connectivity index (χ2n) is 7.09. The fourth-order valence-electron chi connectivity index (χ4n) is 3.52. The van der Waals surface area contributed by atoms with Crippen LogP contribution in [0.1, 0.15) is 30.9 Å². The van der Waals surface area contributed by atoms with Crippen LogP contribution < -0.4 is 10.2 Å². The van der Waals surface area contributed by atoms with Crippen molar-refractivity contribution >= 4 is 29.3 Å². The second-order valence-corrected chi connectivity index (χ2v) is 7.09. The van der Waals surface area contributed by atoms with E-state index in [2.05, 4.69) is 25.5 Å². The summed E-state index contributed by atoms with van der Waals surface area (Å²) in [7, 11) is 0. The minimum absolute atomic E-state index is 0.151. The smallest absolute Gasteiger partial charge is 0.326 e. The zero-order chi connectivity index (χ0) is 18.5. The van der Waals surface area contributed by atoms with Crippen molar-refractivity contribution in [3.8, 4) is 0 Å². The molecular formula is C17H19N7O3. The first-order valence-corrected chi connectivity index (χ1v) is 8.93. The first-order valence-electron chi connectivity index (χ1n) is 8.93. The fourth-order valence-corrected chi connectivity index (χ4v) is 3.52. The van der Waals surface area contributed by atoms with Gasteiger partial charge in [0.1, 0.15) is 11.7 Å². The minimum atomic E-state index is -0.999. The number of aromatic amines is 1. The summed E-state index contributed by atoms with van der Waals surface area (Å²) in [4.78, 5) is 22.1. The van der Waals surface area contributed by atoms with Gasteiger partial charge in [-0.2, -0.15) is 15.1 Å². The van der Waals surface area contributed by atoms with Crippen molar-refractivity contribution in [2.75, 3.05) is 16.8 Å². The Kier molecular flexibility index (Phi) is 3.54. The standard InChI is InChI=1S/C17H19N7O3/c25-10-6-12(15(26)27)24(8-10)17-19-14-2-1-5-23(14)16(20-17)18-13-7-11(21-22-13)9-3-4-9/h1-2,5,7,9-10,12,25H,3-4,6,8H2,(H,26,27)(H2,18,19,20,21,22)/t10-,12-/m0/s1. The molecule has 1 saturated heterocycles. The molecule has 10 heteroatoms. The van der Waals surface area contributed by atoms with Gasteiger partial charge in [0.2, 0.25) is 11.9 Å². The molecular weight excluding hydrogens is 350 g/mol. The molecule has 4 N–H and O–H groups in total. The summed E-state index contributed by atoms with van der Waals surface area (Å²) >= 11 is 0. The van der Waals surface area contributed by atoms with Crippen LogP contribution in [0.4, 0.5) is 17.7 Å². The quantitative estimate of drug-likeness (QED) is 0.526. The van der Waals surface area contributed by atoms with Crippen LogP contribution in [0, 0.1) is 0 Å². The number of hydrogen-bond donors (Lipinski definition) is 4. The molecule has 0 bridgehead atoms. The Balaban J connectivity index is 1.51. The topological polar surface area (TPSA) is 132 Å². The largest absolute Gasteiger partial charge is 0.480 e. The van der Waals surface area contributed by atoms with E-state index < -0.39 is 18.1 Å². The normalized spacial score (nSPS) is 22.5. The van der Waals surface area contributed by atoms with Crippen molar-refractivity contribution in [2.24, 2.45) is 0 Å². The van der Waals surface area contributed by atoms with Crippen molar-refractivity contribution in [3.63, 3.8) is 0 Å². The third kappa shape index (κ3) is 2.87. The molecule has 3 aromatic heterocycles. The van der Waals surface area contributed by atoms with E-state index in [0.29, 0.717) is 23.3 Å². The average molecular weight is 369 g/mol. The van der Waals surface area contributed by atoms with Crippen molar-refractivity contribution in [1.82, 2.24) is 24.6 Å². The molecule has 5 rings (SSSR count). The minimum Gasteiger partial charge on any atom is -0.480 e. The van der Waals surface area contributed by atoms with E-state index in [1.54, 1.807) is 4.40 Å². The van der Waals surface area contributed by atoms with Crippen molar-refractivity contribution < 1.29 is 15.0 Å². The van der Waals surface area contributed by atoms with Gasteiger partial charge >= 0.3 is 5.97 Å². The number of anilines is 3. The second kappa shape index (κ2) is 5.95. The van der Waals surface area contributed by atoms with Crippen LogP contribution in [0.25, 0.3) is 5.65 Å². The number of rotatable bonds is 5. The lowest BCUT2D eigenvalue weighted by Crippen LogP contribution is -2.37. The van der Waals surface area contributed by atoms with Crippen molar-refractivity contribution in [1.29, 1.82) is 0 Å². The van der Waals surface area contributed by atoms with Gasteiger partial charge in [0.15, 0.2) is 5.82 Å². The molecule has 140 valence electrons. The predicted molar refractivity (Wildman–Crippen MR) is 96.2 cm³/mol. The average Bonchev–Trinajstić information content (AvgIpc) is 3.05. The molecule has 0 unspecified atom stereocenters. The molecule has 1 saturated carbocycles. The van der Waals surface area contributed by atoms with Gasteiger partial charge in [-0.15, -0.1) is 0 Å². The number of nitrogens with one attached hydrogen (secondary N) is 2. The lowest BCUT2D eigenvalue weighted by atomic mass is 10.2. The third-order valence-electron chi connectivity index (χ3n) is 5.05. The maximum Gasteiger partial charge on any atom is 0.326 e. The number of carboxylic acid groups (broad SMARTS) is 1. The van der Waals surface area contributed by atoms with Gasteiger partial charge in [-0.3, -0.25) is 9.50 Å². The van der Waals surface area contributed by atoms with Gasteiger partial charge in [0.25, 0.3) is 0 Å². The van der Waals surface area contributed by atoms with E-state index in [4.69, 9.17) is 0 Å². The maximum atomic E-state index is 11.5. The number of aliphatic carboxylic acids is 1. The Hall–Kier alpha value is -3.14. The summed E-state index contributed by atoms with van der Waals surface area (Å²) < 4.78 is 1.78. The van der Waals surface area contributed by atoms with Crippen molar-refractivity contribution in [3.05, 3.63) is 30.1 Å². The molecule has 2 atom stereocenters. The summed E-state index contributed by atoms with van der Waals surface area (Å²) in [5, 5.41) is 29.9. The lowest BCUT2D eigenvalue weighted by molar-refractivity contribution is -0.138. The number of β-amino-alcohol motifs (C(OH)–C–C–N with tert-alkyl or cyclic N) is 1. The van der Waals surface area contributed by atoms with Crippen molar-refractivity contribution in [2.45, 2.75) is 37.3 Å². The number of hydrogen-bond acceptors (Lipinski definition) is 7. The SMILES string of the molecule is O=C(O)[C@@H]1C[C@H](O)CN1c1nc(Nc2cc(C3CC3)[nH]n2)n2cccc2n1. The monoisotopic (exact) mass is 369 g/mol. The first kappa shape index (κ1) is 16.1. The van der Waals surface area contributed by atoms with Crippen LogP contribution in [0.15, 0.2) is 24.4 Å². The highest BCUT2D eigenvalue weighted by molar-refractivity contribution is 5.78. The molecule has 27 heavy (non-hydrogen) atoms. The summed E-state index contributed by atoms with van der Waals surface area (Å²) in [5.74, 6) is 0.960. The zero-order valence-electron chi connectivity index (χ0n) is 14.4. The van der Waals surface area contributed by atoms with Crippen LogP contribution in [-0.2, 0) is 4.79 Å². The molecule has 0 amide bonds. The number of carboxylic acids is 1. The number of aromatic nitrogens is 5. The van der Waals surface area contributed by atoms with Gasteiger partial charge in [0, 0.05) is 36.8 Å². The third-order valence-corrected chi connectivity index (χ3v) is 5.05. The van der Waals surface area contributed by atoms with Crippen LogP contribution in [0.3, 0.4) is 0 Å². The summed E-state index contributed by atoms with van der Waals surface area (Å²) in [6, 6.07) is 4.78.